The highest BCUT2D eigenvalue weighted by Crippen LogP contribution is 2.51. The number of methoxy groups -OCH3 is 3. The highest BCUT2D eigenvalue weighted by Gasteiger charge is 2.38. The van der Waals surface area contributed by atoms with Crippen LogP contribution < -0.4 is 24.3 Å². The van der Waals surface area contributed by atoms with E-state index in [0.29, 0.717) is 23.0 Å². The highest BCUT2D eigenvalue weighted by molar-refractivity contribution is 5.56. The summed E-state index contributed by atoms with van der Waals surface area (Å²) in [6, 6.07) is 13.0. The molecule has 2 heterocycles. The lowest BCUT2D eigenvalue weighted by atomic mass is 9.88. The molecule has 0 saturated carbocycles. The molecule has 3 atom stereocenters. The Hall–Kier alpha value is -3.62. The number of phenols is 2. The van der Waals surface area contributed by atoms with E-state index >= 15 is 0 Å². The van der Waals surface area contributed by atoms with Crippen molar-refractivity contribution in [2.75, 3.05) is 34.5 Å². The van der Waals surface area contributed by atoms with Gasteiger partial charge in [-0.05, 0) is 78.4 Å². The molecule has 3 aromatic rings. The monoisotopic (exact) mass is 507 g/mol. The van der Waals surface area contributed by atoms with Gasteiger partial charge in [0, 0.05) is 11.6 Å². The van der Waals surface area contributed by atoms with Crippen molar-refractivity contribution < 1.29 is 34.3 Å². The van der Waals surface area contributed by atoms with Gasteiger partial charge in [-0.3, -0.25) is 0 Å². The van der Waals surface area contributed by atoms with Crippen LogP contribution in [-0.4, -0.2) is 49.8 Å². The predicted molar refractivity (Wildman–Crippen MR) is 138 cm³/mol. The Morgan fingerprint density at radius 2 is 1.65 bits per heavy atom. The summed E-state index contributed by atoms with van der Waals surface area (Å²) in [5, 5.41) is 34.1. The second-order valence-corrected chi connectivity index (χ2v) is 9.49. The lowest BCUT2D eigenvalue weighted by Gasteiger charge is -2.28. The van der Waals surface area contributed by atoms with E-state index in [-0.39, 0.29) is 30.1 Å². The number of aromatic hydroxyl groups is 2. The van der Waals surface area contributed by atoms with Crippen LogP contribution in [0.4, 0.5) is 0 Å². The molecular weight excluding hydrogens is 474 g/mol. The molecule has 0 aliphatic carbocycles. The van der Waals surface area contributed by atoms with Gasteiger partial charge in [-0.25, -0.2) is 0 Å². The highest BCUT2D eigenvalue weighted by atomic mass is 16.5. The summed E-state index contributed by atoms with van der Waals surface area (Å²) in [4.78, 5) is 0. The quantitative estimate of drug-likeness (QED) is 0.360. The summed E-state index contributed by atoms with van der Waals surface area (Å²) in [5.41, 5.74) is 5.06. The molecule has 0 spiro atoms. The van der Waals surface area contributed by atoms with Gasteiger partial charge in [-0.15, -0.1) is 0 Å². The Morgan fingerprint density at radius 1 is 0.892 bits per heavy atom. The summed E-state index contributed by atoms with van der Waals surface area (Å²) < 4.78 is 22.6. The molecule has 2 aliphatic rings. The smallest absolute Gasteiger partial charge is 0.165 e. The molecule has 0 fully saturated rings. The van der Waals surface area contributed by atoms with Crippen molar-refractivity contribution in [3.63, 3.8) is 0 Å². The number of hydrogen-bond donors (Lipinski definition) is 4. The zero-order valence-electron chi connectivity index (χ0n) is 21.3. The van der Waals surface area contributed by atoms with Gasteiger partial charge < -0.3 is 39.6 Å². The maximum Gasteiger partial charge on any atom is 0.165 e. The van der Waals surface area contributed by atoms with Crippen molar-refractivity contribution in [2.24, 2.45) is 0 Å². The van der Waals surface area contributed by atoms with Gasteiger partial charge in [0.1, 0.15) is 6.10 Å². The number of aliphatic hydroxyl groups is 1. The van der Waals surface area contributed by atoms with Gasteiger partial charge in [-0.2, -0.15) is 0 Å². The first-order chi connectivity index (χ1) is 18.0. The minimum absolute atomic E-state index is 0.0490. The van der Waals surface area contributed by atoms with E-state index < -0.39 is 6.10 Å². The summed E-state index contributed by atoms with van der Waals surface area (Å²) in [7, 11) is 4.68. The van der Waals surface area contributed by atoms with Crippen LogP contribution in [0.5, 0.6) is 34.5 Å². The van der Waals surface area contributed by atoms with Gasteiger partial charge in [0.05, 0.1) is 33.9 Å². The van der Waals surface area contributed by atoms with Crippen molar-refractivity contribution >= 4 is 0 Å². The number of rotatable bonds is 8. The molecule has 37 heavy (non-hydrogen) atoms. The largest absolute Gasteiger partial charge is 0.504 e. The topological polar surface area (TPSA) is 110 Å². The predicted octanol–water partition coefficient (Wildman–Crippen LogP) is 4.15. The Morgan fingerprint density at radius 3 is 2.38 bits per heavy atom. The van der Waals surface area contributed by atoms with Crippen molar-refractivity contribution in [2.45, 2.75) is 37.3 Å². The van der Waals surface area contributed by atoms with Gasteiger partial charge in [-0.1, -0.05) is 12.1 Å². The Bertz CT molecular complexity index is 1290. The molecule has 5 rings (SSSR count). The van der Waals surface area contributed by atoms with Gasteiger partial charge in [0.15, 0.2) is 34.5 Å². The SMILES string of the molecule is COc1cc([C@H]2Oc3c(OC)cc(CC[C@H]4NCCc5cc(O)c(OC)cc54)cc3[C@@H]2CO)ccc1O. The van der Waals surface area contributed by atoms with E-state index in [4.69, 9.17) is 18.9 Å². The first-order valence-electron chi connectivity index (χ1n) is 12.5. The molecule has 3 aromatic carbocycles. The van der Waals surface area contributed by atoms with Crippen molar-refractivity contribution in [1.29, 1.82) is 0 Å². The zero-order valence-corrected chi connectivity index (χ0v) is 21.3. The van der Waals surface area contributed by atoms with Crippen molar-refractivity contribution in [1.82, 2.24) is 5.32 Å². The molecule has 2 aliphatic heterocycles. The fourth-order valence-corrected chi connectivity index (χ4v) is 5.51. The van der Waals surface area contributed by atoms with E-state index in [2.05, 4.69) is 11.4 Å². The number of hydrogen-bond acceptors (Lipinski definition) is 8. The van der Waals surface area contributed by atoms with Crippen LogP contribution in [0, 0.1) is 0 Å². The van der Waals surface area contributed by atoms with Gasteiger partial charge >= 0.3 is 0 Å². The van der Waals surface area contributed by atoms with Crippen LogP contribution in [0.2, 0.25) is 0 Å². The molecule has 8 nitrogen and oxygen atoms in total. The van der Waals surface area contributed by atoms with E-state index in [1.54, 1.807) is 32.4 Å². The van der Waals surface area contributed by atoms with E-state index in [1.165, 1.54) is 7.11 Å². The molecule has 0 saturated heterocycles. The molecule has 0 radical (unpaired) electrons. The second kappa shape index (κ2) is 10.4. The fraction of sp³-hybridized carbons (Fsp3) is 0.379. The minimum atomic E-state index is -0.439. The number of aliphatic hydroxyl groups excluding tert-OH is 1. The molecule has 0 amide bonds. The molecule has 196 valence electrons. The standard InChI is InChI=1S/C29H33NO7/c1-34-25-13-18(5-7-23(25)32)28-21(15-31)20-10-16(11-27(36-3)29(20)37-28)4-6-22-19-14-26(35-2)24(33)12-17(19)8-9-30-22/h5,7,10-14,21-22,28,30-33H,4,6,8-9,15H2,1-3H3/t21-,22+,28+/m0/s1. The van der Waals surface area contributed by atoms with Crippen LogP contribution in [-0.2, 0) is 12.8 Å². The first kappa shape index (κ1) is 25.0. The van der Waals surface area contributed by atoms with Crippen molar-refractivity contribution in [3.8, 4) is 34.5 Å². The van der Waals surface area contributed by atoms with Gasteiger partial charge in [0.25, 0.3) is 0 Å². The summed E-state index contributed by atoms with van der Waals surface area (Å²) in [6.45, 7) is 0.740. The summed E-state index contributed by atoms with van der Waals surface area (Å²) >= 11 is 0. The Kier molecular flexibility index (Phi) is 7.04. The minimum Gasteiger partial charge on any atom is -0.504 e. The molecular formula is C29H33NO7. The molecule has 0 aromatic heterocycles. The Balaban J connectivity index is 1.41. The third-order valence-corrected chi connectivity index (χ3v) is 7.42. The summed E-state index contributed by atoms with van der Waals surface area (Å²) in [5.74, 6) is 2.01. The van der Waals surface area contributed by atoms with E-state index in [1.807, 2.05) is 18.2 Å². The number of fused-ring (bicyclic) bond motifs is 2. The van der Waals surface area contributed by atoms with Crippen LogP contribution >= 0.6 is 0 Å². The maximum atomic E-state index is 10.4. The summed E-state index contributed by atoms with van der Waals surface area (Å²) in [6.07, 6.45) is 2.03. The van der Waals surface area contributed by atoms with Crippen molar-refractivity contribution in [3.05, 3.63) is 70.3 Å². The number of nitrogens with one attached hydrogen (secondary N) is 1. The van der Waals surface area contributed by atoms with Crippen LogP contribution in [0.25, 0.3) is 0 Å². The average Bonchev–Trinajstić information content (AvgIpc) is 3.29. The molecule has 8 heteroatoms. The maximum absolute atomic E-state index is 10.4. The number of aryl methyl sites for hydroxylation is 1. The van der Waals surface area contributed by atoms with Crippen LogP contribution in [0.3, 0.4) is 0 Å². The zero-order chi connectivity index (χ0) is 26.1. The number of benzene rings is 3. The third kappa shape index (κ3) is 4.63. The average molecular weight is 508 g/mol. The molecule has 0 bridgehead atoms. The van der Waals surface area contributed by atoms with Crippen LogP contribution in [0.15, 0.2) is 42.5 Å². The number of ether oxygens (including phenoxy) is 4. The number of phenolic OH excluding ortho intramolecular Hbond substituents is 2. The Labute approximate surface area is 216 Å². The lowest BCUT2D eigenvalue weighted by Crippen LogP contribution is -2.30. The van der Waals surface area contributed by atoms with Crippen LogP contribution in [0.1, 0.15) is 52.3 Å². The van der Waals surface area contributed by atoms with E-state index in [0.717, 1.165) is 53.6 Å². The molecule has 4 N–H and O–H groups in total. The van der Waals surface area contributed by atoms with E-state index in [9.17, 15) is 15.3 Å². The van der Waals surface area contributed by atoms with Gasteiger partial charge in [0.2, 0.25) is 0 Å². The normalized spacial score (nSPS) is 20.1. The lowest BCUT2D eigenvalue weighted by molar-refractivity contribution is 0.157. The first-order valence-corrected chi connectivity index (χ1v) is 12.5. The third-order valence-electron chi connectivity index (χ3n) is 7.42. The molecule has 0 unspecified atom stereocenters. The second-order valence-electron chi connectivity index (χ2n) is 9.49. The fourth-order valence-electron chi connectivity index (χ4n) is 5.51.